The third-order valence-electron chi connectivity index (χ3n) is 1.97. The number of hydrogen-bond acceptors (Lipinski definition) is 4. The molecule has 0 spiro atoms. The van der Waals surface area contributed by atoms with E-state index in [9.17, 15) is 9.90 Å². The molecule has 0 aliphatic rings. The van der Waals surface area contributed by atoms with Crippen LogP contribution in [0.1, 0.15) is 11.6 Å². The maximum Gasteiger partial charge on any atom is 0.336 e. The molecule has 0 heterocycles. The maximum atomic E-state index is 11.0. The van der Waals surface area contributed by atoms with Crippen LogP contribution in [0.25, 0.3) is 0 Å². The lowest BCUT2D eigenvalue weighted by atomic mass is 10.0. The predicted molar refractivity (Wildman–Crippen MR) is 51.4 cm³/mol. The summed E-state index contributed by atoms with van der Waals surface area (Å²) in [5.41, 5.74) is 6.36. The van der Waals surface area contributed by atoms with Crippen molar-refractivity contribution in [1.29, 1.82) is 0 Å². The van der Waals surface area contributed by atoms with Gasteiger partial charge >= 0.3 is 5.97 Å². The van der Waals surface area contributed by atoms with Gasteiger partial charge in [0.05, 0.1) is 13.2 Å². The molecule has 14 heavy (non-hydrogen) atoms. The number of aliphatic hydroxyl groups excluding tert-OH is 1. The average Bonchev–Trinajstić information content (AvgIpc) is 2.27. The summed E-state index contributed by atoms with van der Waals surface area (Å²) in [4.78, 5) is 11.0. The third kappa shape index (κ3) is 2.31. The minimum atomic E-state index is -1.32. The van der Waals surface area contributed by atoms with Crippen LogP contribution in [0.15, 0.2) is 30.3 Å². The molecule has 0 fully saturated rings. The molecule has 0 radical (unpaired) electrons. The van der Waals surface area contributed by atoms with Crippen LogP contribution in [-0.4, -0.2) is 24.3 Å². The Bertz CT molecular complexity index is 299. The fraction of sp³-hybridized carbons (Fsp3) is 0.300. The van der Waals surface area contributed by atoms with Crippen molar-refractivity contribution in [3.63, 3.8) is 0 Å². The summed E-state index contributed by atoms with van der Waals surface area (Å²) in [5, 5.41) is 9.44. The molecule has 76 valence electrons. The zero-order valence-corrected chi connectivity index (χ0v) is 7.88. The Kier molecular flexibility index (Phi) is 3.62. The highest BCUT2D eigenvalue weighted by atomic mass is 16.5. The molecule has 0 saturated heterocycles. The van der Waals surface area contributed by atoms with Crippen LogP contribution in [0.2, 0.25) is 0 Å². The predicted octanol–water partition coefficient (Wildman–Crippen LogP) is 0.220. The van der Waals surface area contributed by atoms with Gasteiger partial charge in [-0.05, 0) is 5.56 Å². The fourth-order valence-electron chi connectivity index (χ4n) is 1.12. The highest BCUT2D eigenvalue weighted by Crippen LogP contribution is 2.14. The van der Waals surface area contributed by atoms with E-state index in [0.717, 1.165) is 0 Å². The summed E-state index contributed by atoms with van der Waals surface area (Å²) < 4.78 is 4.39. The van der Waals surface area contributed by atoms with E-state index in [1.165, 1.54) is 7.11 Å². The first-order chi connectivity index (χ1) is 6.66. The first kappa shape index (κ1) is 10.7. The van der Waals surface area contributed by atoms with Crippen molar-refractivity contribution in [3.8, 4) is 0 Å². The average molecular weight is 195 g/mol. The largest absolute Gasteiger partial charge is 0.467 e. The van der Waals surface area contributed by atoms with Crippen molar-refractivity contribution >= 4 is 5.97 Å². The first-order valence-corrected chi connectivity index (χ1v) is 4.23. The number of benzene rings is 1. The topological polar surface area (TPSA) is 72.5 Å². The minimum absolute atomic E-state index is 0.699. The molecule has 4 heteroatoms. The van der Waals surface area contributed by atoms with Crippen LogP contribution < -0.4 is 5.73 Å². The van der Waals surface area contributed by atoms with Crippen LogP contribution in [0.5, 0.6) is 0 Å². The molecular weight excluding hydrogens is 182 g/mol. The molecule has 1 aromatic rings. The van der Waals surface area contributed by atoms with Gasteiger partial charge in [-0.2, -0.15) is 0 Å². The molecule has 2 atom stereocenters. The Hall–Kier alpha value is -1.39. The molecule has 0 aliphatic carbocycles. The summed E-state index contributed by atoms with van der Waals surface area (Å²) in [6.45, 7) is 0. The Morgan fingerprint density at radius 2 is 2.00 bits per heavy atom. The van der Waals surface area contributed by atoms with Gasteiger partial charge in [0.25, 0.3) is 0 Å². The van der Waals surface area contributed by atoms with Gasteiger partial charge in [0.1, 0.15) is 0 Å². The monoisotopic (exact) mass is 195 g/mol. The van der Waals surface area contributed by atoms with E-state index in [-0.39, 0.29) is 0 Å². The number of carbonyl (C=O) groups is 1. The third-order valence-corrected chi connectivity index (χ3v) is 1.97. The van der Waals surface area contributed by atoms with E-state index in [2.05, 4.69) is 4.74 Å². The standard InChI is InChI=1S/C10H13NO3/c1-14-10(13)9(12)8(11)7-5-3-2-4-6-7/h2-6,8-9,12H,11H2,1H3/t8-,9?/m1/s1. The second kappa shape index (κ2) is 4.74. The lowest BCUT2D eigenvalue weighted by molar-refractivity contribution is -0.151. The summed E-state index contributed by atoms with van der Waals surface area (Å²) in [7, 11) is 1.21. The molecular formula is C10H13NO3. The van der Waals surface area contributed by atoms with Gasteiger partial charge < -0.3 is 15.6 Å². The number of ether oxygens (including phenoxy) is 1. The number of esters is 1. The van der Waals surface area contributed by atoms with E-state index >= 15 is 0 Å². The van der Waals surface area contributed by atoms with Gasteiger partial charge in [-0.15, -0.1) is 0 Å². The molecule has 0 aliphatic heterocycles. The lowest BCUT2D eigenvalue weighted by Gasteiger charge is -2.16. The summed E-state index contributed by atoms with van der Waals surface area (Å²) >= 11 is 0. The van der Waals surface area contributed by atoms with Crippen molar-refractivity contribution in [2.45, 2.75) is 12.1 Å². The second-order valence-electron chi connectivity index (χ2n) is 2.90. The first-order valence-electron chi connectivity index (χ1n) is 4.23. The molecule has 1 rings (SSSR count). The van der Waals surface area contributed by atoms with Crippen molar-refractivity contribution in [1.82, 2.24) is 0 Å². The normalized spacial score (nSPS) is 14.5. The van der Waals surface area contributed by atoms with Crippen molar-refractivity contribution in [2.24, 2.45) is 5.73 Å². The quantitative estimate of drug-likeness (QED) is 0.677. The van der Waals surface area contributed by atoms with Gasteiger partial charge in [-0.1, -0.05) is 30.3 Å². The van der Waals surface area contributed by atoms with E-state index in [1.54, 1.807) is 24.3 Å². The van der Waals surface area contributed by atoms with Gasteiger partial charge in [0, 0.05) is 0 Å². The smallest absolute Gasteiger partial charge is 0.336 e. The van der Waals surface area contributed by atoms with Crippen LogP contribution in [0, 0.1) is 0 Å². The Morgan fingerprint density at radius 3 is 2.50 bits per heavy atom. The zero-order valence-electron chi connectivity index (χ0n) is 7.88. The molecule has 0 aromatic heterocycles. The highest BCUT2D eigenvalue weighted by molar-refractivity contribution is 5.75. The summed E-state index contributed by atoms with van der Waals surface area (Å²) in [6.07, 6.45) is -1.32. The van der Waals surface area contributed by atoms with Crippen molar-refractivity contribution in [2.75, 3.05) is 7.11 Å². The highest BCUT2D eigenvalue weighted by Gasteiger charge is 2.24. The molecule has 1 unspecified atom stereocenters. The molecule has 3 N–H and O–H groups in total. The van der Waals surface area contributed by atoms with Crippen molar-refractivity contribution < 1.29 is 14.6 Å². The molecule has 1 aromatic carbocycles. The minimum Gasteiger partial charge on any atom is -0.467 e. The number of carbonyl (C=O) groups excluding carboxylic acids is 1. The number of nitrogens with two attached hydrogens (primary N) is 1. The van der Waals surface area contributed by atoms with Gasteiger partial charge in [0.2, 0.25) is 0 Å². The summed E-state index contributed by atoms with van der Waals surface area (Å²) in [5.74, 6) is -0.721. The fourth-order valence-corrected chi connectivity index (χ4v) is 1.12. The Labute approximate surface area is 82.3 Å². The van der Waals surface area contributed by atoms with Crippen LogP contribution >= 0.6 is 0 Å². The molecule has 0 saturated carbocycles. The maximum absolute atomic E-state index is 11.0. The SMILES string of the molecule is COC(=O)C(O)[C@H](N)c1ccccc1. The lowest BCUT2D eigenvalue weighted by Crippen LogP contribution is -2.34. The van der Waals surface area contributed by atoms with Crippen LogP contribution in [0.3, 0.4) is 0 Å². The van der Waals surface area contributed by atoms with Crippen LogP contribution in [-0.2, 0) is 9.53 Å². The van der Waals surface area contributed by atoms with Crippen molar-refractivity contribution in [3.05, 3.63) is 35.9 Å². The number of rotatable bonds is 3. The summed E-state index contributed by atoms with van der Waals surface area (Å²) in [6, 6.07) is 8.16. The Morgan fingerprint density at radius 1 is 1.43 bits per heavy atom. The van der Waals surface area contributed by atoms with Gasteiger partial charge in [0.15, 0.2) is 6.10 Å². The number of methoxy groups -OCH3 is 1. The van der Waals surface area contributed by atoms with Crippen LogP contribution in [0.4, 0.5) is 0 Å². The number of aliphatic hydroxyl groups is 1. The van der Waals surface area contributed by atoms with E-state index in [0.29, 0.717) is 5.56 Å². The second-order valence-corrected chi connectivity index (χ2v) is 2.90. The molecule has 4 nitrogen and oxygen atoms in total. The molecule has 0 bridgehead atoms. The number of hydrogen-bond donors (Lipinski definition) is 2. The van der Waals surface area contributed by atoms with E-state index in [4.69, 9.17) is 5.73 Å². The van der Waals surface area contributed by atoms with Gasteiger partial charge in [-0.25, -0.2) is 4.79 Å². The zero-order chi connectivity index (χ0) is 10.6. The van der Waals surface area contributed by atoms with Gasteiger partial charge in [-0.3, -0.25) is 0 Å². The molecule has 0 amide bonds. The Balaban J connectivity index is 2.75. The van der Waals surface area contributed by atoms with E-state index in [1.807, 2.05) is 6.07 Å². The van der Waals surface area contributed by atoms with E-state index < -0.39 is 18.1 Å².